The minimum Gasteiger partial charge on any atom is -0.354 e. The lowest BCUT2D eigenvalue weighted by Gasteiger charge is -2.26. The van der Waals surface area contributed by atoms with Crippen molar-refractivity contribution in [1.29, 1.82) is 0 Å². The van der Waals surface area contributed by atoms with Crippen LogP contribution in [0.4, 0.5) is 11.6 Å². The van der Waals surface area contributed by atoms with Crippen LogP contribution in [-0.2, 0) is 0 Å². The molecule has 0 bridgehead atoms. The fourth-order valence-electron chi connectivity index (χ4n) is 2.23. The third-order valence-electron chi connectivity index (χ3n) is 3.18. The minimum absolute atomic E-state index is 0.352. The molecular weight excluding hydrogens is 214 g/mol. The highest BCUT2D eigenvalue weighted by molar-refractivity contribution is 5.60. The maximum absolute atomic E-state index is 5.53. The number of hydrogen-bond donors (Lipinski definition) is 2. The van der Waals surface area contributed by atoms with E-state index in [9.17, 15) is 0 Å². The van der Waals surface area contributed by atoms with E-state index >= 15 is 0 Å². The van der Waals surface area contributed by atoms with E-state index in [1.165, 1.54) is 12.8 Å². The van der Waals surface area contributed by atoms with Gasteiger partial charge in [0, 0.05) is 18.2 Å². The Kier molecular flexibility index (Phi) is 3.47. The van der Waals surface area contributed by atoms with E-state index in [0.717, 1.165) is 23.7 Å². The molecule has 0 radical (unpaired) electrons. The van der Waals surface area contributed by atoms with Crippen LogP contribution in [0.5, 0.6) is 0 Å². The number of hydrazine groups is 1. The van der Waals surface area contributed by atoms with Crippen LogP contribution in [0.25, 0.3) is 0 Å². The van der Waals surface area contributed by atoms with Crippen LogP contribution < -0.4 is 16.2 Å². The zero-order valence-corrected chi connectivity index (χ0v) is 10.8. The molecule has 2 rings (SSSR count). The third kappa shape index (κ3) is 2.34. The molecule has 1 saturated carbocycles. The Hall–Kier alpha value is -1.36. The Morgan fingerprint density at radius 3 is 2.65 bits per heavy atom. The fourth-order valence-corrected chi connectivity index (χ4v) is 2.23. The van der Waals surface area contributed by atoms with Gasteiger partial charge in [0.1, 0.15) is 18.0 Å². The minimum atomic E-state index is 0.352. The molecule has 0 unspecified atom stereocenters. The summed E-state index contributed by atoms with van der Waals surface area (Å²) in [7, 11) is 0. The second kappa shape index (κ2) is 4.87. The summed E-state index contributed by atoms with van der Waals surface area (Å²) in [5.41, 5.74) is 3.79. The SMILES string of the molecule is CCN(c1ncnc(NN)c1C(C)C)C1CC1. The molecule has 0 aromatic carbocycles. The first-order chi connectivity index (χ1) is 8.19. The second-order valence-corrected chi connectivity index (χ2v) is 4.78. The largest absolute Gasteiger partial charge is 0.354 e. The lowest BCUT2D eigenvalue weighted by atomic mass is 10.0. The average Bonchev–Trinajstić information content (AvgIpc) is 3.13. The molecule has 0 saturated heterocycles. The van der Waals surface area contributed by atoms with Gasteiger partial charge in [-0.3, -0.25) is 0 Å². The summed E-state index contributed by atoms with van der Waals surface area (Å²) in [5.74, 6) is 7.66. The zero-order valence-electron chi connectivity index (χ0n) is 10.8. The molecule has 1 heterocycles. The number of aromatic nitrogens is 2. The van der Waals surface area contributed by atoms with E-state index in [-0.39, 0.29) is 0 Å². The molecule has 1 aromatic heterocycles. The van der Waals surface area contributed by atoms with Gasteiger partial charge in [0.15, 0.2) is 0 Å². The molecule has 1 aromatic rings. The number of nitrogen functional groups attached to an aromatic ring is 1. The molecule has 94 valence electrons. The molecule has 0 spiro atoms. The van der Waals surface area contributed by atoms with Crippen molar-refractivity contribution in [2.24, 2.45) is 5.84 Å². The first-order valence-corrected chi connectivity index (χ1v) is 6.27. The van der Waals surface area contributed by atoms with Crippen molar-refractivity contribution in [2.75, 3.05) is 16.9 Å². The highest BCUT2D eigenvalue weighted by Gasteiger charge is 2.31. The Labute approximate surface area is 102 Å². The van der Waals surface area contributed by atoms with Gasteiger partial charge in [0.2, 0.25) is 0 Å². The summed E-state index contributed by atoms with van der Waals surface area (Å²) in [6.45, 7) is 7.43. The normalized spacial score (nSPS) is 15.1. The van der Waals surface area contributed by atoms with Crippen LogP contribution in [0.3, 0.4) is 0 Å². The van der Waals surface area contributed by atoms with Crippen LogP contribution in [-0.4, -0.2) is 22.6 Å². The highest BCUT2D eigenvalue weighted by Crippen LogP contribution is 2.36. The number of nitrogens with one attached hydrogen (secondary N) is 1. The van der Waals surface area contributed by atoms with E-state index in [1.807, 2.05) is 0 Å². The monoisotopic (exact) mass is 235 g/mol. The van der Waals surface area contributed by atoms with Gasteiger partial charge >= 0.3 is 0 Å². The van der Waals surface area contributed by atoms with E-state index in [4.69, 9.17) is 5.84 Å². The predicted molar refractivity (Wildman–Crippen MR) is 70.0 cm³/mol. The lowest BCUT2D eigenvalue weighted by Crippen LogP contribution is -2.28. The number of rotatable bonds is 5. The van der Waals surface area contributed by atoms with Crippen molar-refractivity contribution >= 4 is 11.6 Å². The summed E-state index contributed by atoms with van der Waals surface area (Å²) < 4.78 is 0. The Balaban J connectivity index is 2.43. The van der Waals surface area contributed by atoms with Crippen LogP contribution >= 0.6 is 0 Å². The van der Waals surface area contributed by atoms with Gasteiger partial charge in [-0.05, 0) is 25.7 Å². The van der Waals surface area contributed by atoms with E-state index in [0.29, 0.717) is 12.0 Å². The standard InChI is InChI=1S/C12H21N5/c1-4-17(9-5-6-9)12-10(8(2)3)11(16-13)14-7-15-12/h7-9H,4-6,13H2,1-3H3,(H,14,15,16). The predicted octanol–water partition coefficient (Wildman–Crippen LogP) is 1.87. The average molecular weight is 235 g/mol. The van der Waals surface area contributed by atoms with Gasteiger partial charge in [-0.25, -0.2) is 15.8 Å². The summed E-state index contributed by atoms with van der Waals surface area (Å²) in [6.07, 6.45) is 4.11. The van der Waals surface area contributed by atoms with Crippen LogP contribution in [0.1, 0.15) is 45.1 Å². The molecule has 1 aliphatic rings. The smallest absolute Gasteiger partial charge is 0.148 e. The topological polar surface area (TPSA) is 67.1 Å². The van der Waals surface area contributed by atoms with Gasteiger partial charge in [-0.15, -0.1) is 0 Å². The maximum Gasteiger partial charge on any atom is 0.148 e. The highest BCUT2D eigenvalue weighted by atomic mass is 15.3. The fraction of sp³-hybridized carbons (Fsp3) is 0.667. The van der Waals surface area contributed by atoms with Gasteiger partial charge in [0.05, 0.1) is 0 Å². The summed E-state index contributed by atoms with van der Waals surface area (Å²) in [4.78, 5) is 11.0. The molecule has 5 heteroatoms. The maximum atomic E-state index is 5.53. The van der Waals surface area contributed by atoms with Crippen LogP contribution in [0.2, 0.25) is 0 Å². The van der Waals surface area contributed by atoms with Gasteiger partial charge in [0.25, 0.3) is 0 Å². The van der Waals surface area contributed by atoms with Crippen molar-refractivity contribution in [3.05, 3.63) is 11.9 Å². The summed E-state index contributed by atoms with van der Waals surface area (Å²) in [5, 5.41) is 0. The molecule has 3 N–H and O–H groups in total. The molecule has 5 nitrogen and oxygen atoms in total. The molecule has 1 fully saturated rings. The number of hydrogen-bond acceptors (Lipinski definition) is 5. The quantitative estimate of drug-likeness (QED) is 0.602. The molecule has 0 aliphatic heterocycles. The second-order valence-electron chi connectivity index (χ2n) is 4.78. The van der Waals surface area contributed by atoms with Gasteiger partial charge in [-0.1, -0.05) is 13.8 Å². The van der Waals surface area contributed by atoms with Crippen molar-refractivity contribution in [3.8, 4) is 0 Å². The first-order valence-electron chi connectivity index (χ1n) is 6.27. The van der Waals surface area contributed by atoms with Crippen molar-refractivity contribution in [1.82, 2.24) is 9.97 Å². The summed E-state index contributed by atoms with van der Waals surface area (Å²) in [6, 6.07) is 0.651. The van der Waals surface area contributed by atoms with E-state index < -0.39 is 0 Å². The van der Waals surface area contributed by atoms with Crippen LogP contribution in [0.15, 0.2) is 6.33 Å². The van der Waals surface area contributed by atoms with Crippen LogP contribution in [0, 0.1) is 0 Å². The number of nitrogens with two attached hydrogens (primary N) is 1. The van der Waals surface area contributed by atoms with E-state index in [1.54, 1.807) is 6.33 Å². The van der Waals surface area contributed by atoms with Crippen molar-refractivity contribution < 1.29 is 0 Å². The number of anilines is 2. The van der Waals surface area contributed by atoms with Gasteiger partial charge < -0.3 is 10.3 Å². The Bertz CT molecular complexity index is 386. The van der Waals surface area contributed by atoms with Crippen molar-refractivity contribution in [2.45, 2.75) is 45.6 Å². The summed E-state index contributed by atoms with van der Waals surface area (Å²) >= 11 is 0. The number of nitrogens with zero attached hydrogens (tertiary/aromatic N) is 3. The zero-order chi connectivity index (χ0) is 12.4. The molecule has 17 heavy (non-hydrogen) atoms. The molecular formula is C12H21N5. The Morgan fingerprint density at radius 2 is 2.18 bits per heavy atom. The first kappa shape index (κ1) is 12.1. The lowest BCUT2D eigenvalue weighted by molar-refractivity contribution is 0.768. The van der Waals surface area contributed by atoms with Gasteiger partial charge in [-0.2, -0.15) is 0 Å². The molecule has 0 amide bonds. The molecule has 1 aliphatic carbocycles. The van der Waals surface area contributed by atoms with E-state index in [2.05, 4.69) is 41.1 Å². The Morgan fingerprint density at radius 1 is 1.47 bits per heavy atom. The van der Waals surface area contributed by atoms with Crippen molar-refractivity contribution in [3.63, 3.8) is 0 Å². The third-order valence-corrected chi connectivity index (χ3v) is 3.18. The molecule has 0 atom stereocenters.